The zero-order valence-electron chi connectivity index (χ0n) is 9.44. The molecule has 1 aliphatic rings. The van der Waals surface area contributed by atoms with E-state index in [9.17, 15) is 9.90 Å². The molecule has 1 fully saturated rings. The van der Waals surface area contributed by atoms with Gasteiger partial charge in [-0.1, -0.05) is 25.1 Å². The van der Waals surface area contributed by atoms with Crippen LogP contribution in [0.4, 0.5) is 5.69 Å². The third-order valence-corrected chi connectivity index (χ3v) is 3.35. The molecule has 1 aliphatic carbocycles. The first-order valence-electron chi connectivity index (χ1n) is 5.75. The minimum absolute atomic E-state index is 0.273. The lowest BCUT2D eigenvalue weighted by molar-refractivity contribution is -0.143. The smallest absolute Gasteiger partial charge is 0.329 e. The van der Waals surface area contributed by atoms with E-state index in [0.717, 1.165) is 18.5 Å². The van der Waals surface area contributed by atoms with Crippen LogP contribution >= 0.6 is 0 Å². The third-order valence-electron chi connectivity index (χ3n) is 3.35. The quantitative estimate of drug-likeness (QED) is 0.800. The Labute approximate surface area is 95.5 Å². The number of benzene rings is 1. The van der Waals surface area contributed by atoms with Gasteiger partial charge in [-0.05, 0) is 37.3 Å². The maximum absolute atomic E-state index is 11.5. The van der Waals surface area contributed by atoms with Gasteiger partial charge in [0.25, 0.3) is 0 Å². The molecule has 0 heterocycles. The molecule has 0 aliphatic heterocycles. The number of rotatable bonds is 5. The topological polar surface area (TPSA) is 49.3 Å². The van der Waals surface area contributed by atoms with Gasteiger partial charge in [0.05, 0.1) is 0 Å². The van der Waals surface area contributed by atoms with Crippen LogP contribution in [0.1, 0.15) is 26.2 Å². The van der Waals surface area contributed by atoms with E-state index in [1.54, 1.807) is 0 Å². The van der Waals surface area contributed by atoms with E-state index < -0.39 is 11.5 Å². The fraction of sp³-hybridized carbons (Fsp3) is 0.462. The summed E-state index contributed by atoms with van der Waals surface area (Å²) in [4.78, 5) is 11.5. The van der Waals surface area contributed by atoms with Crippen molar-refractivity contribution in [3.8, 4) is 0 Å². The molecule has 2 N–H and O–H groups in total. The normalized spacial score (nSPS) is 18.8. The number of carbonyl (C=O) groups is 1. The Hall–Kier alpha value is -1.51. The van der Waals surface area contributed by atoms with Crippen molar-refractivity contribution in [2.75, 3.05) is 5.32 Å². The van der Waals surface area contributed by atoms with Crippen molar-refractivity contribution in [3.63, 3.8) is 0 Å². The molecule has 2 rings (SSSR count). The first kappa shape index (κ1) is 11.0. The van der Waals surface area contributed by atoms with Gasteiger partial charge in [0.1, 0.15) is 5.54 Å². The number of para-hydroxylation sites is 1. The molecule has 0 saturated heterocycles. The van der Waals surface area contributed by atoms with E-state index in [-0.39, 0.29) is 5.92 Å². The fourth-order valence-electron chi connectivity index (χ4n) is 2.21. The number of hydrogen-bond acceptors (Lipinski definition) is 2. The van der Waals surface area contributed by atoms with E-state index in [4.69, 9.17) is 0 Å². The molecule has 1 unspecified atom stereocenters. The Kier molecular flexibility index (Phi) is 2.86. The Morgan fingerprint density at radius 1 is 1.44 bits per heavy atom. The van der Waals surface area contributed by atoms with Gasteiger partial charge in [-0.25, -0.2) is 4.79 Å². The fourth-order valence-corrected chi connectivity index (χ4v) is 2.21. The molecule has 1 aromatic carbocycles. The van der Waals surface area contributed by atoms with Gasteiger partial charge in [-0.2, -0.15) is 0 Å². The molecule has 0 bridgehead atoms. The SMILES string of the molecule is CCC(Nc1ccccc1)(C(=O)O)C1CC1. The van der Waals surface area contributed by atoms with Gasteiger partial charge in [0, 0.05) is 5.69 Å². The molecule has 86 valence electrons. The Morgan fingerprint density at radius 3 is 2.50 bits per heavy atom. The number of nitrogens with one attached hydrogen (secondary N) is 1. The summed E-state index contributed by atoms with van der Waals surface area (Å²) in [6.45, 7) is 1.93. The predicted molar refractivity (Wildman–Crippen MR) is 63.4 cm³/mol. The van der Waals surface area contributed by atoms with Crippen LogP contribution in [0.3, 0.4) is 0 Å². The number of anilines is 1. The molecule has 1 saturated carbocycles. The Bertz CT molecular complexity index is 373. The van der Waals surface area contributed by atoms with Crippen LogP contribution in [0.25, 0.3) is 0 Å². The summed E-state index contributed by atoms with van der Waals surface area (Å²) in [6.07, 6.45) is 2.64. The average molecular weight is 219 g/mol. The predicted octanol–water partition coefficient (Wildman–Crippen LogP) is 2.74. The van der Waals surface area contributed by atoms with Crippen molar-refractivity contribution in [2.24, 2.45) is 5.92 Å². The van der Waals surface area contributed by atoms with Gasteiger partial charge < -0.3 is 10.4 Å². The zero-order chi connectivity index (χ0) is 11.6. The largest absolute Gasteiger partial charge is 0.479 e. The molecule has 0 amide bonds. The lowest BCUT2D eigenvalue weighted by Crippen LogP contribution is -2.48. The molecule has 0 spiro atoms. The monoisotopic (exact) mass is 219 g/mol. The summed E-state index contributed by atoms with van der Waals surface area (Å²) in [5.74, 6) is -0.462. The van der Waals surface area contributed by atoms with Crippen molar-refractivity contribution in [1.29, 1.82) is 0 Å². The molecule has 3 nitrogen and oxygen atoms in total. The number of aliphatic carboxylic acids is 1. The second-order valence-corrected chi connectivity index (χ2v) is 4.40. The third kappa shape index (κ3) is 1.90. The highest BCUT2D eigenvalue weighted by atomic mass is 16.4. The highest BCUT2D eigenvalue weighted by molar-refractivity contribution is 5.83. The molecular formula is C13H17NO2. The van der Waals surface area contributed by atoms with E-state index in [1.807, 2.05) is 37.3 Å². The first-order chi connectivity index (χ1) is 7.69. The van der Waals surface area contributed by atoms with Crippen molar-refractivity contribution in [1.82, 2.24) is 0 Å². The minimum atomic E-state index is -0.776. The second-order valence-electron chi connectivity index (χ2n) is 4.40. The second kappa shape index (κ2) is 4.16. The summed E-state index contributed by atoms with van der Waals surface area (Å²) < 4.78 is 0. The lowest BCUT2D eigenvalue weighted by atomic mass is 9.89. The molecule has 3 heteroatoms. The highest BCUT2D eigenvalue weighted by Crippen LogP contribution is 2.43. The van der Waals surface area contributed by atoms with E-state index in [2.05, 4.69) is 5.32 Å². The van der Waals surface area contributed by atoms with Crippen molar-refractivity contribution < 1.29 is 9.90 Å². The minimum Gasteiger partial charge on any atom is -0.479 e. The van der Waals surface area contributed by atoms with Crippen molar-refractivity contribution in [2.45, 2.75) is 31.7 Å². The van der Waals surface area contributed by atoms with E-state index >= 15 is 0 Å². The van der Waals surface area contributed by atoms with Crippen LogP contribution in [0, 0.1) is 5.92 Å². The van der Waals surface area contributed by atoms with Gasteiger partial charge in [-0.3, -0.25) is 0 Å². The van der Waals surface area contributed by atoms with Crippen LogP contribution < -0.4 is 5.32 Å². The highest BCUT2D eigenvalue weighted by Gasteiger charge is 2.49. The molecular weight excluding hydrogens is 202 g/mol. The molecule has 0 radical (unpaired) electrons. The number of carboxylic acid groups (broad SMARTS) is 1. The maximum Gasteiger partial charge on any atom is 0.329 e. The van der Waals surface area contributed by atoms with Crippen LogP contribution in [0.5, 0.6) is 0 Å². The zero-order valence-corrected chi connectivity index (χ0v) is 9.44. The van der Waals surface area contributed by atoms with Gasteiger partial charge >= 0.3 is 5.97 Å². The first-order valence-corrected chi connectivity index (χ1v) is 5.75. The van der Waals surface area contributed by atoms with Crippen LogP contribution in [-0.2, 0) is 4.79 Å². The Balaban J connectivity index is 2.23. The van der Waals surface area contributed by atoms with Gasteiger partial charge in [0.2, 0.25) is 0 Å². The number of hydrogen-bond donors (Lipinski definition) is 2. The van der Waals surface area contributed by atoms with Crippen LogP contribution in [0.15, 0.2) is 30.3 Å². The molecule has 1 atom stereocenters. The van der Waals surface area contributed by atoms with Crippen LogP contribution in [0.2, 0.25) is 0 Å². The molecule has 1 aromatic rings. The summed E-state index contributed by atoms with van der Waals surface area (Å²) in [7, 11) is 0. The van der Waals surface area contributed by atoms with E-state index in [0.29, 0.717) is 6.42 Å². The van der Waals surface area contributed by atoms with Crippen molar-refractivity contribution >= 4 is 11.7 Å². The van der Waals surface area contributed by atoms with E-state index in [1.165, 1.54) is 0 Å². The Morgan fingerprint density at radius 2 is 2.06 bits per heavy atom. The standard InChI is InChI=1S/C13H17NO2/c1-2-13(12(15)16,10-8-9-10)14-11-6-4-3-5-7-11/h3-7,10,14H,2,8-9H2,1H3,(H,15,16). The summed E-state index contributed by atoms with van der Waals surface area (Å²) >= 11 is 0. The lowest BCUT2D eigenvalue weighted by Gasteiger charge is -2.30. The van der Waals surface area contributed by atoms with Gasteiger partial charge in [0.15, 0.2) is 0 Å². The average Bonchev–Trinajstić information content (AvgIpc) is 3.11. The summed E-state index contributed by atoms with van der Waals surface area (Å²) in [6, 6.07) is 9.58. The van der Waals surface area contributed by atoms with Crippen molar-refractivity contribution in [3.05, 3.63) is 30.3 Å². The number of carboxylic acids is 1. The molecule has 0 aromatic heterocycles. The summed E-state index contributed by atoms with van der Waals surface area (Å²) in [5.41, 5.74) is 0.111. The maximum atomic E-state index is 11.5. The van der Waals surface area contributed by atoms with Gasteiger partial charge in [-0.15, -0.1) is 0 Å². The summed E-state index contributed by atoms with van der Waals surface area (Å²) in [5, 5.41) is 12.6. The molecule has 16 heavy (non-hydrogen) atoms. The van der Waals surface area contributed by atoms with Crippen LogP contribution in [-0.4, -0.2) is 16.6 Å².